The fourth-order valence-electron chi connectivity index (χ4n) is 2.62. The van der Waals surface area contributed by atoms with Gasteiger partial charge in [-0.15, -0.1) is 0 Å². The molecule has 1 saturated carbocycles. The van der Waals surface area contributed by atoms with Gasteiger partial charge in [0.05, 0.1) is 0 Å². The van der Waals surface area contributed by atoms with Gasteiger partial charge in [-0.2, -0.15) is 0 Å². The molecule has 1 nitrogen and oxygen atoms in total. The molecule has 0 spiro atoms. The van der Waals surface area contributed by atoms with Crippen molar-refractivity contribution < 1.29 is 0 Å². The number of benzene rings is 1. The van der Waals surface area contributed by atoms with Crippen LogP contribution >= 0.6 is 0 Å². The largest absolute Gasteiger partial charge is 0.328 e. The van der Waals surface area contributed by atoms with Gasteiger partial charge in [0.25, 0.3) is 0 Å². The van der Waals surface area contributed by atoms with Gasteiger partial charge < -0.3 is 5.73 Å². The van der Waals surface area contributed by atoms with Gasteiger partial charge in [-0.1, -0.05) is 29.8 Å². The average molecular weight is 229 g/mol. The molecule has 0 heterocycles. The van der Waals surface area contributed by atoms with Crippen LogP contribution in [0.25, 0.3) is 6.08 Å². The predicted octanol–water partition coefficient (Wildman–Crippen LogP) is 3.70. The molecule has 0 radical (unpaired) electrons. The number of nitrogens with two attached hydrogens (primary N) is 1. The van der Waals surface area contributed by atoms with Crippen LogP contribution in [0.4, 0.5) is 0 Å². The van der Waals surface area contributed by atoms with E-state index in [-0.39, 0.29) is 0 Å². The second kappa shape index (κ2) is 5.05. The molecule has 2 rings (SSSR count). The zero-order chi connectivity index (χ0) is 12.4. The molecule has 1 heteroatoms. The molecule has 0 aliphatic heterocycles. The highest BCUT2D eigenvalue weighted by Crippen LogP contribution is 2.29. The van der Waals surface area contributed by atoms with Crippen LogP contribution in [-0.2, 0) is 6.42 Å². The number of rotatable bonds is 3. The monoisotopic (exact) mass is 229 g/mol. The number of hydrogen-bond acceptors (Lipinski definition) is 1. The van der Waals surface area contributed by atoms with E-state index in [9.17, 15) is 0 Å². The summed E-state index contributed by atoms with van der Waals surface area (Å²) in [4.78, 5) is 0. The van der Waals surface area contributed by atoms with Gasteiger partial charge in [0.2, 0.25) is 0 Å². The van der Waals surface area contributed by atoms with Crippen LogP contribution in [0.1, 0.15) is 43.4 Å². The number of aryl methyl sites for hydroxylation is 1. The smallest absolute Gasteiger partial charge is 0.00443 e. The van der Waals surface area contributed by atoms with Crippen molar-refractivity contribution in [2.24, 2.45) is 11.7 Å². The van der Waals surface area contributed by atoms with Gasteiger partial charge >= 0.3 is 0 Å². The zero-order valence-electron chi connectivity index (χ0n) is 11.2. The van der Waals surface area contributed by atoms with E-state index in [1.807, 2.05) is 0 Å². The van der Waals surface area contributed by atoms with Gasteiger partial charge in [-0.3, -0.25) is 0 Å². The lowest BCUT2D eigenvalue weighted by Gasteiger charge is -2.32. The summed E-state index contributed by atoms with van der Waals surface area (Å²) in [5.41, 5.74) is 11.4. The van der Waals surface area contributed by atoms with Crippen molar-refractivity contribution in [3.05, 3.63) is 40.5 Å². The predicted molar refractivity (Wildman–Crippen MR) is 74.9 cm³/mol. The zero-order valence-corrected chi connectivity index (χ0v) is 11.2. The first-order valence-electron chi connectivity index (χ1n) is 6.54. The van der Waals surface area contributed by atoms with E-state index in [1.165, 1.54) is 41.5 Å². The van der Waals surface area contributed by atoms with Crippen LogP contribution in [0, 0.1) is 12.8 Å². The van der Waals surface area contributed by atoms with Gasteiger partial charge in [0.15, 0.2) is 0 Å². The molecule has 0 bridgehead atoms. The topological polar surface area (TPSA) is 26.0 Å². The third-order valence-electron chi connectivity index (χ3n) is 3.57. The normalized spacial score (nSPS) is 23.1. The Morgan fingerprint density at radius 2 is 2.06 bits per heavy atom. The summed E-state index contributed by atoms with van der Waals surface area (Å²) < 4.78 is 0. The maximum absolute atomic E-state index is 5.82. The fraction of sp³-hybridized carbons (Fsp3) is 0.500. The van der Waals surface area contributed by atoms with Crippen molar-refractivity contribution in [2.75, 3.05) is 0 Å². The highest BCUT2D eigenvalue weighted by molar-refractivity contribution is 5.56. The highest BCUT2D eigenvalue weighted by atomic mass is 14.7. The lowest BCUT2D eigenvalue weighted by Crippen LogP contribution is -2.37. The fourth-order valence-corrected chi connectivity index (χ4v) is 2.62. The molecule has 0 amide bonds. The molecule has 1 aromatic rings. The molecule has 1 fully saturated rings. The summed E-state index contributed by atoms with van der Waals surface area (Å²) in [5.74, 6) is 0.818. The standard InChI is InChI=1S/C16H23N/c1-11(2)6-15-5-4-13(7-12(15)3)8-14-9-16(17)10-14/h4-7,14,16H,8-10,17H2,1-3H3. The minimum absolute atomic E-state index is 0.464. The third kappa shape index (κ3) is 3.19. The Bertz CT molecular complexity index is 421. The van der Waals surface area contributed by atoms with Gasteiger partial charge in [-0.05, 0) is 62.6 Å². The van der Waals surface area contributed by atoms with Crippen LogP contribution in [0.5, 0.6) is 0 Å². The van der Waals surface area contributed by atoms with Crippen molar-refractivity contribution >= 4 is 6.08 Å². The number of hydrogen-bond donors (Lipinski definition) is 1. The Kier molecular flexibility index (Phi) is 3.68. The van der Waals surface area contributed by atoms with Crippen LogP contribution in [0.2, 0.25) is 0 Å². The molecule has 1 aromatic carbocycles. The van der Waals surface area contributed by atoms with Crippen LogP contribution in [-0.4, -0.2) is 6.04 Å². The molecule has 92 valence electrons. The summed E-state index contributed by atoms with van der Waals surface area (Å²) in [5, 5.41) is 0. The quantitative estimate of drug-likeness (QED) is 0.840. The molecule has 1 aliphatic rings. The van der Waals surface area contributed by atoms with Crippen LogP contribution in [0.15, 0.2) is 23.8 Å². The first-order chi connectivity index (χ1) is 8.04. The van der Waals surface area contributed by atoms with Crippen LogP contribution in [0.3, 0.4) is 0 Å². The van der Waals surface area contributed by atoms with Crippen molar-refractivity contribution in [1.29, 1.82) is 0 Å². The van der Waals surface area contributed by atoms with E-state index in [0.717, 1.165) is 5.92 Å². The van der Waals surface area contributed by atoms with E-state index in [2.05, 4.69) is 45.0 Å². The summed E-state index contributed by atoms with van der Waals surface area (Å²) in [6, 6.07) is 7.31. The second-order valence-electron chi connectivity index (χ2n) is 5.71. The van der Waals surface area contributed by atoms with E-state index in [0.29, 0.717) is 6.04 Å². The molecular weight excluding hydrogens is 206 g/mol. The van der Waals surface area contributed by atoms with E-state index < -0.39 is 0 Å². The Hall–Kier alpha value is -1.08. The Balaban J connectivity index is 2.06. The maximum Gasteiger partial charge on any atom is 0.00443 e. The minimum Gasteiger partial charge on any atom is -0.328 e. The number of allylic oxidation sites excluding steroid dienone is 1. The SMILES string of the molecule is CC(C)=Cc1ccc(CC2CC(N)C2)cc1C. The van der Waals surface area contributed by atoms with Crippen molar-refractivity contribution in [3.8, 4) is 0 Å². The van der Waals surface area contributed by atoms with Crippen LogP contribution < -0.4 is 5.73 Å². The first kappa shape index (κ1) is 12.4. The molecule has 0 atom stereocenters. The molecule has 1 aliphatic carbocycles. The minimum atomic E-state index is 0.464. The van der Waals surface area contributed by atoms with E-state index in [4.69, 9.17) is 5.73 Å². The molecule has 0 saturated heterocycles. The van der Waals surface area contributed by atoms with Gasteiger partial charge in [0.1, 0.15) is 0 Å². The molecule has 17 heavy (non-hydrogen) atoms. The second-order valence-corrected chi connectivity index (χ2v) is 5.71. The lowest BCUT2D eigenvalue weighted by molar-refractivity contribution is 0.264. The first-order valence-corrected chi connectivity index (χ1v) is 6.54. The Labute approximate surface area is 105 Å². The summed E-state index contributed by atoms with van der Waals surface area (Å²) >= 11 is 0. The molecular formula is C16H23N. The van der Waals surface area contributed by atoms with Crippen molar-refractivity contribution in [3.63, 3.8) is 0 Å². The molecule has 0 aromatic heterocycles. The van der Waals surface area contributed by atoms with E-state index >= 15 is 0 Å². The van der Waals surface area contributed by atoms with Gasteiger partial charge in [-0.25, -0.2) is 0 Å². The Morgan fingerprint density at radius 3 is 2.59 bits per heavy atom. The van der Waals surface area contributed by atoms with Crippen molar-refractivity contribution in [2.45, 2.75) is 46.1 Å². The average Bonchev–Trinajstić information content (AvgIpc) is 2.19. The van der Waals surface area contributed by atoms with Crippen molar-refractivity contribution in [1.82, 2.24) is 0 Å². The molecule has 2 N–H and O–H groups in total. The summed E-state index contributed by atoms with van der Waals surface area (Å²) in [6.07, 6.45) is 5.85. The maximum atomic E-state index is 5.82. The summed E-state index contributed by atoms with van der Waals surface area (Å²) in [7, 11) is 0. The highest BCUT2D eigenvalue weighted by Gasteiger charge is 2.25. The van der Waals surface area contributed by atoms with E-state index in [1.54, 1.807) is 0 Å². The summed E-state index contributed by atoms with van der Waals surface area (Å²) in [6.45, 7) is 6.48. The van der Waals surface area contributed by atoms with Gasteiger partial charge in [0, 0.05) is 6.04 Å². The lowest BCUT2D eigenvalue weighted by atomic mass is 9.77. The Morgan fingerprint density at radius 1 is 1.35 bits per heavy atom. The molecule has 0 unspecified atom stereocenters. The third-order valence-corrected chi connectivity index (χ3v) is 3.57.